The highest BCUT2D eigenvalue weighted by atomic mass is 16.3. The van der Waals surface area contributed by atoms with Crippen LogP contribution in [0, 0.1) is 12.8 Å². The lowest BCUT2D eigenvalue weighted by molar-refractivity contribution is 0.0486. The van der Waals surface area contributed by atoms with Crippen LogP contribution in [0.15, 0.2) is 18.5 Å². The summed E-state index contributed by atoms with van der Waals surface area (Å²) in [6, 6.07) is 2.02. The van der Waals surface area contributed by atoms with Crippen LogP contribution in [0.2, 0.25) is 0 Å². The van der Waals surface area contributed by atoms with Gasteiger partial charge in [-0.15, -0.1) is 0 Å². The van der Waals surface area contributed by atoms with Crippen molar-refractivity contribution in [3.8, 4) is 0 Å². The van der Waals surface area contributed by atoms with Gasteiger partial charge in [0.25, 0.3) is 0 Å². The molecule has 90 valence electrons. The van der Waals surface area contributed by atoms with Gasteiger partial charge in [-0.2, -0.15) is 5.10 Å². The lowest BCUT2D eigenvalue weighted by Gasteiger charge is -2.31. The molecule has 0 spiro atoms. The lowest BCUT2D eigenvalue weighted by Crippen LogP contribution is -2.33. The first-order chi connectivity index (χ1) is 8.22. The third kappa shape index (κ3) is 1.98. The Balaban J connectivity index is 1.75. The Hall–Kier alpha value is -1.62. The van der Waals surface area contributed by atoms with Crippen molar-refractivity contribution in [2.24, 2.45) is 5.92 Å². The fraction of sp³-hybridized carbons (Fsp3) is 0.500. The maximum Gasteiger partial charge on any atom is 0.152 e. The number of rotatable bonds is 3. The number of aromatic nitrogens is 3. The molecule has 0 bridgehead atoms. The maximum atomic E-state index is 9.23. The van der Waals surface area contributed by atoms with Crippen LogP contribution in [-0.2, 0) is 0 Å². The molecular weight excluding hydrogens is 216 g/mol. The van der Waals surface area contributed by atoms with E-state index in [0.29, 0.717) is 5.92 Å². The molecule has 2 heterocycles. The number of hydrogen-bond donors (Lipinski definition) is 2. The highest BCUT2D eigenvalue weighted by molar-refractivity contribution is 5.67. The minimum absolute atomic E-state index is 0.0947. The van der Waals surface area contributed by atoms with Crippen LogP contribution in [0.5, 0.6) is 0 Å². The number of nitrogens with zero attached hydrogens (tertiary/aromatic N) is 3. The van der Waals surface area contributed by atoms with E-state index in [1.807, 2.05) is 23.7 Å². The van der Waals surface area contributed by atoms with Crippen LogP contribution in [-0.4, -0.2) is 32.4 Å². The Bertz CT molecular complexity index is 530. The molecule has 1 aliphatic carbocycles. The molecule has 17 heavy (non-hydrogen) atoms. The second-order valence-electron chi connectivity index (χ2n) is 4.76. The average molecular weight is 232 g/mol. The molecule has 2 N–H and O–H groups in total. The van der Waals surface area contributed by atoms with Crippen molar-refractivity contribution in [1.29, 1.82) is 0 Å². The van der Waals surface area contributed by atoms with Crippen LogP contribution >= 0.6 is 0 Å². The summed E-state index contributed by atoms with van der Waals surface area (Å²) < 4.78 is 1.83. The van der Waals surface area contributed by atoms with Crippen LogP contribution in [0.25, 0.3) is 5.52 Å². The Morgan fingerprint density at radius 1 is 1.53 bits per heavy atom. The molecule has 1 aliphatic rings. The molecule has 3 rings (SSSR count). The third-order valence-corrected chi connectivity index (χ3v) is 3.28. The molecule has 5 heteroatoms. The molecule has 5 nitrogen and oxygen atoms in total. The summed E-state index contributed by atoms with van der Waals surface area (Å²) in [6.07, 6.45) is 5.30. The van der Waals surface area contributed by atoms with Gasteiger partial charge in [0.2, 0.25) is 0 Å². The zero-order valence-corrected chi connectivity index (χ0v) is 9.80. The first kappa shape index (κ1) is 10.5. The highest BCUT2D eigenvalue weighted by Gasteiger charge is 2.26. The smallest absolute Gasteiger partial charge is 0.152 e. The first-order valence-corrected chi connectivity index (χ1v) is 5.95. The van der Waals surface area contributed by atoms with Gasteiger partial charge in [-0.3, -0.25) is 0 Å². The summed E-state index contributed by atoms with van der Waals surface area (Å²) in [7, 11) is 0. The van der Waals surface area contributed by atoms with Crippen molar-refractivity contribution in [3.05, 3.63) is 24.2 Å². The molecular formula is C12H16N4O. The molecule has 2 aromatic rings. The summed E-state index contributed by atoms with van der Waals surface area (Å²) in [5, 5.41) is 16.9. The van der Waals surface area contributed by atoms with Gasteiger partial charge in [0.15, 0.2) is 5.82 Å². The van der Waals surface area contributed by atoms with E-state index in [2.05, 4.69) is 15.4 Å². The SMILES string of the molecule is Cc1cc2c(NCC3CC(O)C3)nccn2n1. The van der Waals surface area contributed by atoms with Gasteiger partial charge < -0.3 is 10.4 Å². The summed E-state index contributed by atoms with van der Waals surface area (Å²) in [5.41, 5.74) is 1.99. The Morgan fingerprint density at radius 3 is 3.12 bits per heavy atom. The van der Waals surface area contributed by atoms with Gasteiger partial charge in [-0.05, 0) is 31.7 Å². The van der Waals surface area contributed by atoms with E-state index in [1.165, 1.54) is 0 Å². The van der Waals surface area contributed by atoms with Crippen molar-refractivity contribution >= 4 is 11.3 Å². The predicted octanol–water partition coefficient (Wildman–Crippen LogP) is 1.22. The van der Waals surface area contributed by atoms with Crippen molar-refractivity contribution in [2.45, 2.75) is 25.9 Å². The minimum atomic E-state index is -0.0947. The van der Waals surface area contributed by atoms with Crippen LogP contribution in [0.4, 0.5) is 5.82 Å². The van der Waals surface area contributed by atoms with Crippen LogP contribution < -0.4 is 5.32 Å². The zero-order valence-electron chi connectivity index (χ0n) is 9.80. The molecule has 0 radical (unpaired) electrons. The summed E-state index contributed by atoms with van der Waals surface area (Å²) in [4.78, 5) is 4.34. The fourth-order valence-electron chi connectivity index (χ4n) is 2.29. The standard InChI is InChI=1S/C12H16N4O/c1-8-4-11-12(13-2-3-16(11)15-8)14-7-9-5-10(17)6-9/h2-4,9-10,17H,5-7H2,1H3,(H,13,14). The van der Waals surface area contributed by atoms with Gasteiger partial charge in [-0.1, -0.05) is 0 Å². The van der Waals surface area contributed by atoms with Crippen molar-refractivity contribution < 1.29 is 5.11 Å². The van der Waals surface area contributed by atoms with E-state index in [4.69, 9.17) is 0 Å². The van der Waals surface area contributed by atoms with E-state index in [-0.39, 0.29) is 6.10 Å². The molecule has 0 aliphatic heterocycles. The summed E-state index contributed by atoms with van der Waals surface area (Å²) >= 11 is 0. The quantitative estimate of drug-likeness (QED) is 0.835. The number of aryl methyl sites for hydroxylation is 1. The monoisotopic (exact) mass is 232 g/mol. The lowest BCUT2D eigenvalue weighted by atomic mass is 9.82. The molecule has 0 amide bonds. The third-order valence-electron chi connectivity index (χ3n) is 3.28. The number of hydrogen-bond acceptors (Lipinski definition) is 4. The Labute approximate surface area is 99.5 Å². The predicted molar refractivity (Wildman–Crippen MR) is 64.9 cm³/mol. The summed E-state index contributed by atoms with van der Waals surface area (Å²) in [6.45, 7) is 2.84. The van der Waals surface area contributed by atoms with E-state index in [0.717, 1.165) is 36.4 Å². The van der Waals surface area contributed by atoms with Crippen molar-refractivity contribution in [2.75, 3.05) is 11.9 Å². The Kier molecular flexibility index (Phi) is 2.48. The van der Waals surface area contributed by atoms with E-state index < -0.39 is 0 Å². The largest absolute Gasteiger partial charge is 0.393 e. The topological polar surface area (TPSA) is 62.5 Å². The fourth-order valence-corrected chi connectivity index (χ4v) is 2.29. The van der Waals surface area contributed by atoms with Crippen LogP contribution in [0.3, 0.4) is 0 Å². The van der Waals surface area contributed by atoms with Gasteiger partial charge in [0.05, 0.1) is 11.8 Å². The van der Waals surface area contributed by atoms with Crippen molar-refractivity contribution in [1.82, 2.24) is 14.6 Å². The van der Waals surface area contributed by atoms with E-state index in [9.17, 15) is 5.11 Å². The number of aliphatic hydroxyl groups excluding tert-OH is 1. The molecule has 1 fully saturated rings. The van der Waals surface area contributed by atoms with E-state index >= 15 is 0 Å². The van der Waals surface area contributed by atoms with Gasteiger partial charge in [0.1, 0.15) is 5.52 Å². The second kappa shape index (κ2) is 4.00. The molecule has 0 unspecified atom stereocenters. The number of fused-ring (bicyclic) bond motifs is 1. The molecule has 0 saturated heterocycles. The highest BCUT2D eigenvalue weighted by Crippen LogP contribution is 2.27. The zero-order chi connectivity index (χ0) is 11.8. The molecule has 2 aromatic heterocycles. The van der Waals surface area contributed by atoms with Crippen LogP contribution in [0.1, 0.15) is 18.5 Å². The normalized spacial score (nSPS) is 23.6. The molecule has 0 atom stereocenters. The number of aliphatic hydroxyl groups is 1. The maximum absolute atomic E-state index is 9.23. The first-order valence-electron chi connectivity index (χ1n) is 5.95. The van der Waals surface area contributed by atoms with Gasteiger partial charge in [-0.25, -0.2) is 9.50 Å². The van der Waals surface area contributed by atoms with Gasteiger partial charge >= 0.3 is 0 Å². The average Bonchev–Trinajstić information content (AvgIpc) is 2.63. The Morgan fingerprint density at radius 2 is 2.35 bits per heavy atom. The summed E-state index contributed by atoms with van der Waals surface area (Å²) in [5.74, 6) is 1.44. The molecule has 0 aromatic carbocycles. The van der Waals surface area contributed by atoms with Crippen molar-refractivity contribution in [3.63, 3.8) is 0 Å². The minimum Gasteiger partial charge on any atom is -0.393 e. The molecule has 1 saturated carbocycles. The second-order valence-corrected chi connectivity index (χ2v) is 4.76. The number of anilines is 1. The number of nitrogens with one attached hydrogen (secondary N) is 1. The van der Waals surface area contributed by atoms with Gasteiger partial charge in [0, 0.05) is 18.9 Å². The van der Waals surface area contributed by atoms with E-state index in [1.54, 1.807) is 6.20 Å².